The first-order valence-corrected chi connectivity index (χ1v) is 6.44. The molecule has 20 heavy (non-hydrogen) atoms. The number of benzene rings is 1. The minimum atomic E-state index is -0.580. The molecule has 0 spiro atoms. The molecule has 3 rings (SSSR count). The molecule has 1 aliphatic carbocycles. The van der Waals surface area contributed by atoms with Crippen molar-refractivity contribution in [1.29, 1.82) is 0 Å². The number of phenolic OH excluding ortho intramolecular Hbond substituents is 1. The zero-order valence-electron chi connectivity index (χ0n) is 11.2. The molecule has 0 unspecified atom stereocenters. The molecule has 1 aromatic carbocycles. The molecule has 104 valence electrons. The second-order valence-corrected chi connectivity index (χ2v) is 5.06. The molecule has 2 aromatic rings. The van der Waals surface area contributed by atoms with Crippen LogP contribution >= 0.6 is 0 Å². The highest BCUT2D eigenvalue weighted by atomic mass is 16.5. The second-order valence-electron chi connectivity index (χ2n) is 5.06. The molecule has 0 aliphatic heterocycles. The van der Waals surface area contributed by atoms with E-state index in [-0.39, 0.29) is 16.6 Å². The van der Waals surface area contributed by atoms with Gasteiger partial charge < -0.3 is 14.3 Å². The molecule has 1 aromatic heterocycles. The largest absolute Gasteiger partial charge is 0.507 e. The summed E-state index contributed by atoms with van der Waals surface area (Å²) in [7, 11) is 0. The summed E-state index contributed by atoms with van der Waals surface area (Å²) in [5.74, 6) is -0.000694. The van der Waals surface area contributed by atoms with E-state index in [2.05, 4.69) is 0 Å². The van der Waals surface area contributed by atoms with Crippen LogP contribution in [-0.2, 0) is 16.0 Å². The predicted octanol–water partition coefficient (Wildman–Crippen LogP) is 2.36. The molecule has 0 bridgehead atoms. The van der Waals surface area contributed by atoms with Crippen LogP contribution < -0.4 is 5.43 Å². The van der Waals surface area contributed by atoms with E-state index in [9.17, 15) is 14.7 Å². The van der Waals surface area contributed by atoms with Crippen LogP contribution in [0.15, 0.2) is 21.3 Å². The first kappa shape index (κ1) is 12.7. The smallest absolute Gasteiger partial charge is 0.303 e. The maximum atomic E-state index is 12.5. The van der Waals surface area contributed by atoms with Gasteiger partial charge in [-0.15, -0.1) is 0 Å². The van der Waals surface area contributed by atoms with Gasteiger partial charge in [-0.05, 0) is 31.0 Å². The van der Waals surface area contributed by atoms with Gasteiger partial charge in [-0.2, -0.15) is 0 Å². The normalized spacial score (nSPS) is 17.2. The summed E-state index contributed by atoms with van der Waals surface area (Å²) in [6.45, 7) is 3.12. The predicted molar refractivity (Wildman–Crippen MR) is 71.7 cm³/mol. The molecule has 0 amide bonds. The maximum absolute atomic E-state index is 12.5. The summed E-state index contributed by atoms with van der Waals surface area (Å²) < 4.78 is 10.9. The zero-order valence-corrected chi connectivity index (χ0v) is 11.2. The highest BCUT2D eigenvalue weighted by molar-refractivity contribution is 5.84. The van der Waals surface area contributed by atoms with E-state index >= 15 is 0 Å². The average Bonchev–Trinajstić information content (AvgIpc) is 2.70. The molecule has 5 heteroatoms. The number of carbonyl (C=O) groups excluding carboxylic acids is 1. The van der Waals surface area contributed by atoms with Crippen molar-refractivity contribution in [2.45, 2.75) is 32.8 Å². The standard InChI is InChI=1S/C15H14O5/c1-7-5-9(17)13-12(6-7)20-11-4-3-10(19-8(2)16)14(11)15(13)18/h5-6,10,17H,3-4H2,1-2H3/t10-/m1/s1. The monoisotopic (exact) mass is 274 g/mol. The topological polar surface area (TPSA) is 76.7 Å². The Labute approximate surface area is 114 Å². The number of hydrogen-bond acceptors (Lipinski definition) is 5. The van der Waals surface area contributed by atoms with Gasteiger partial charge in [-0.3, -0.25) is 9.59 Å². The van der Waals surface area contributed by atoms with Crippen LogP contribution in [0.3, 0.4) is 0 Å². The molecule has 1 N–H and O–H groups in total. The lowest BCUT2D eigenvalue weighted by molar-refractivity contribution is -0.146. The van der Waals surface area contributed by atoms with E-state index in [1.165, 1.54) is 13.0 Å². The van der Waals surface area contributed by atoms with E-state index in [1.807, 2.05) is 6.92 Å². The molecule has 5 nitrogen and oxygen atoms in total. The van der Waals surface area contributed by atoms with Crippen molar-refractivity contribution in [3.63, 3.8) is 0 Å². The molecule has 1 heterocycles. The Morgan fingerprint density at radius 2 is 2.20 bits per heavy atom. The summed E-state index contributed by atoms with van der Waals surface area (Å²) in [6, 6.07) is 3.23. The number of hydrogen-bond donors (Lipinski definition) is 1. The highest BCUT2D eigenvalue weighted by Crippen LogP contribution is 2.35. The molecular weight excluding hydrogens is 260 g/mol. The van der Waals surface area contributed by atoms with Crippen molar-refractivity contribution < 1.29 is 19.1 Å². The van der Waals surface area contributed by atoms with Gasteiger partial charge >= 0.3 is 5.97 Å². The Morgan fingerprint density at radius 3 is 2.90 bits per heavy atom. The van der Waals surface area contributed by atoms with Gasteiger partial charge in [-0.25, -0.2) is 0 Å². The van der Waals surface area contributed by atoms with E-state index in [4.69, 9.17) is 9.15 Å². The average molecular weight is 274 g/mol. The molecule has 0 saturated carbocycles. The van der Waals surface area contributed by atoms with Crippen molar-refractivity contribution in [1.82, 2.24) is 0 Å². The Morgan fingerprint density at radius 1 is 1.45 bits per heavy atom. The van der Waals surface area contributed by atoms with Crippen molar-refractivity contribution in [2.75, 3.05) is 0 Å². The molecule has 1 aliphatic rings. The van der Waals surface area contributed by atoms with Gasteiger partial charge in [-0.1, -0.05) is 0 Å². The van der Waals surface area contributed by atoms with Gasteiger partial charge in [0.25, 0.3) is 0 Å². The molecule has 0 saturated heterocycles. The number of aryl methyl sites for hydroxylation is 2. The second kappa shape index (κ2) is 4.37. The van der Waals surface area contributed by atoms with E-state index in [0.717, 1.165) is 5.56 Å². The van der Waals surface area contributed by atoms with E-state index in [0.29, 0.717) is 29.7 Å². The first-order chi connectivity index (χ1) is 9.47. The van der Waals surface area contributed by atoms with Gasteiger partial charge in [0, 0.05) is 13.3 Å². The molecule has 1 atom stereocenters. The number of esters is 1. The number of rotatable bonds is 1. The molecular formula is C15H14O5. The summed E-state index contributed by atoms with van der Waals surface area (Å²) in [5, 5.41) is 10.1. The summed E-state index contributed by atoms with van der Waals surface area (Å²) in [4.78, 5) is 23.6. The molecule has 0 fully saturated rings. The Kier molecular flexibility index (Phi) is 2.78. The fourth-order valence-electron chi connectivity index (χ4n) is 2.73. The van der Waals surface area contributed by atoms with Gasteiger partial charge in [0.15, 0.2) is 0 Å². The number of fused-ring (bicyclic) bond motifs is 2. The number of aromatic hydroxyl groups is 1. The van der Waals surface area contributed by atoms with Crippen molar-refractivity contribution >= 4 is 16.9 Å². The quantitative estimate of drug-likeness (QED) is 0.808. The van der Waals surface area contributed by atoms with Crippen molar-refractivity contribution in [3.8, 4) is 5.75 Å². The number of carbonyl (C=O) groups is 1. The Hall–Kier alpha value is -2.30. The van der Waals surface area contributed by atoms with E-state index < -0.39 is 12.1 Å². The van der Waals surface area contributed by atoms with Gasteiger partial charge in [0.2, 0.25) is 5.43 Å². The van der Waals surface area contributed by atoms with Crippen LogP contribution in [0.2, 0.25) is 0 Å². The fourth-order valence-corrected chi connectivity index (χ4v) is 2.73. The van der Waals surface area contributed by atoms with Gasteiger partial charge in [0.05, 0.1) is 5.56 Å². The van der Waals surface area contributed by atoms with Crippen molar-refractivity contribution in [2.24, 2.45) is 0 Å². The van der Waals surface area contributed by atoms with Crippen LogP contribution in [0.5, 0.6) is 5.75 Å². The third-order valence-electron chi connectivity index (χ3n) is 3.49. The summed E-state index contributed by atoms with van der Waals surface area (Å²) in [6.07, 6.45) is 0.500. The van der Waals surface area contributed by atoms with Crippen LogP contribution in [0.4, 0.5) is 0 Å². The van der Waals surface area contributed by atoms with Crippen LogP contribution in [-0.4, -0.2) is 11.1 Å². The van der Waals surface area contributed by atoms with Crippen LogP contribution in [0, 0.1) is 6.92 Å². The lowest BCUT2D eigenvalue weighted by Gasteiger charge is -2.11. The van der Waals surface area contributed by atoms with Crippen molar-refractivity contribution in [3.05, 3.63) is 39.2 Å². The lowest BCUT2D eigenvalue weighted by atomic mass is 10.1. The third kappa shape index (κ3) is 1.86. The number of phenols is 1. The minimum absolute atomic E-state index is 0.106. The lowest BCUT2D eigenvalue weighted by Crippen LogP contribution is -2.15. The fraction of sp³-hybridized carbons (Fsp3) is 0.333. The minimum Gasteiger partial charge on any atom is -0.507 e. The first-order valence-electron chi connectivity index (χ1n) is 6.44. The summed E-state index contributed by atoms with van der Waals surface area (Å²) >= 11 is 0. The SMILES string of the molecule is CC(=O)O[C@@H]1CCc2oc3cc(C)cc(O)c3c(=O)c21. The zero-order chi connectivity index (χ0) is 14.4. The summed E-state index contributed by atoms with van der Waals surface area (Å²) in [5.41, 5.74) is 1.22. The van der Waals surface area contributed by atoms with Crippen LogP contribution in [0.1, 0.15) is 36.3 Å². The number of ether oxygens (including phenoxy) is 1. The van der Waals surface area contributed by atoms with E-state index in [1.54, 1.807) is 6.07 Å². The third-order valence-corrected chi connectivity index (χ3v) is 3.49. The maximum Gasteiger partial charge on any atom is 0.303 e. The Bertz CT molecular complexity index is 772. The molecule has 0 radical (unpaired) electrons. The highest BCUT2D eigenvalue weighted by Gasteiger charge is 2.31. The van der Waals surface area contributed by atoms with Gasteiger partial charge in [0.1, 0.15) is 28.6 Å². The van der Waals surface area contributed by atoms with Crippen LogP contribution in [0.25, 0.3) is 11.0 Å². The Balaban J connectivity index is 2.27.